The van der Waals surface area contributed by atoms with Gasteiger partial charge in [-0.05, 0) is 19.1 Å². The van der Waals surface area contributed by atoms with Crippen molar-refractivity contribution < 1.29 is 4.74 Å². The first-order valence-electron chi connectivity index (χ1n) is 6.64. The smallest absolute Gasteiger partial charge is 0.225 e. The summed E-state index contributed by atoms with van der Waals surface area (Å²) in [5, 5.41) is 1.14. The van der Waals surface area contributed by atoms with E-state index in [9.17, 15) is 0 Å². The molecule has 0 saturated heterocycles. The van der Waals surface area contributed by atoms with Crippen molar-refractivity contribution >= 4 is 29.2 Å². The normalized spacial score (nSPS) is 13.0. The van der Waals surface area contributed by atoms with Crippen LogP contribution in [0.25, 0.3) is 11.3 Å². The number of rotatable bonds is 2. The molecule has 110 valence electrons. The molecule has 0 atom stereocenters. The predicted octanol–water partition coefficient (Wildman–Crippen LogP) is 3.76. The molecule has 0 radical (unpaired) electrons. The molecule has 0 N–H and O–H groups in total. The Balaban J connectivity index is 2.24. The maximum atomic E-state index is 6.42. The van der Waals surface area contributed by atoms with Crippen LogP contribution >= 0.6 is 23.2 Å². The number of benzene rings is 1. The zero-order valence-electron chi connectivity index (χ0n) is 12.1. The molecule has 1 aliphatic heterocycles. The van der Waals surface area contributed by atoms with E-state index in [4.69, 9.17) is 27.9 Å². The van der Waals surface area contributed by atoms with Crippen LogP contribution in [0.5, 0.6) is 5.75 Å². The van der Waals surface area contributed by atoms with Crippen LogP contribution in [0.15, 0.2) is 12.1 Å². The van der Waals surface area contributed by atoms with E-state index >= 15 is 0 Å². The molecule has 2 aromatic rings. The number of halogens is 2. The molecule has 0 saturated carbocycles. The fraction of sp³-hybridized carbons (Fsp3) is 0.333. The second kappa shape index (κ2) is 5.35. The highest BCUT2D eigenvalue weighted by Gasteiger charge is 2.24. The third-order valence-electron chi connectivity index (χ3n) is 3.38. The Labute approximate surface area is 133 Å². The molecule has 1 aromatic heterocycles. The van der Waals surface area contributed by atoms with Gasteiger partial charge in [-0.15, -0.1) is 0 Å². The van der Waals surface area contributed by atoms with Crippen LogP contribution in [0.3, 0.4) is 0 Å². The summed E-state index contributed by atoms with van der Waals surface area (Å²) in [6.45, 7) is 2.56. The van der Waals surface area contributed by atoms with Crippen molar-refractivity contribution in [1.29, 1.82) is 0 Å². The molecule has 1 aliphatic rings. The first-order valence-corrected chi connectivity index (χ1v) is 7.40. The Hall–Kier alpha value is -1.52. The van der Waals surface area contributed by atoms with Crippen LogP contribution in [0, 0.1) is 6.92 Å². The summed E-state index contributed by atoms with van der Waals surface area (Å²) in [4.78, 5) is 10.9. The van der Waals surface area contributed by atoms with Gasteiger partial charge in [0.2, 0.25) is 5.95 Å². The topological polar surface area (TPSA) is 38.2 Å². The number of aryl methyl sites for hydroxylation is 1. The van der Waals surface area contributed by atoms with E-state index in [0.717, 1.165) is 34.7 Å². The van der Waals surface area contributed by atoms with Gasteiger partial charge in [0.15, 0.2) is 0 Å². The average molecular weight is 324 g/mol. The Morgan fingerprint density at radius 2 is 1.90 bits per heavy atom. The minimum atomic E-state index is 0.551. The lowest BCUT2D eigenvalue weighted by atomic mass is 10.0. The van der Waals surface area contributed by atoms with Gasteiger partial charge >= 0.3 is 0 Å². The number of anilines is 1. The number of ether oxygens (including phenoxy) is 1. The molecule has 4 nitrogen and oxygen atoms in total. The fourth-order valence-corrected chi connectivity index (χ4v) is 3.11. The molecule has 1 aromatic carbocycles. The summed E-state index contributed by atoms with van der Waals surface area (Å²) >= 11 is 12.6. The standard InChI is InChI=1S/C15H15Cl2N3O/c1-8-6-12(19-15(18-8)20(2)3)13-9-4-5-21-14(9)11(17)7-10(13)16/h6-7H,4-5H2,1-3H3. The quantitative estimate of drug-likeness (QED) is 0.843. The van der Waals surface area contributed by atoms with Crippen LogP contribution in [0.2, 0.25) is 10.0 Å². The highest BCUT2D eigenvalue weighted by Crippen LogP contribution is 2.44. The molecule has 3 rings (SSSR count). The van der Waals surface area contributed by atoms with Crippen molar-refractivity contribution in [2.24, 2.45) is 0 Å². The van der Waals surface area contributed by atoms with Gasteiger partial charge in [0.05, 0.1) is 22.3 Å². The number of hydrogen-bond acceptors (Lipinski definition) is 4. The molecule has 0 amide bonds. The van der Waals surface area contributed by atoms with E-state index in [2.05, 4.69) is 9.97 Å². The van der Waals surface area contributed by atoms with Gasteiger partial charge in [-0.25, -0.2) is 9.97 Å². The molecular weight excluding hydrogens is 309 g/mol. The zero-order chi connectivity index (χ0) is 15.1. The summed E-state index contributed by atoms with van der Waals surface area (Å²) in [5.41, 5.74) is 3.61. The van der Waals surface area contributed by atoms with Crippen LogP contribution in [0.4, 0.5) is 5.95 Å². The number of fused-ring (bicyclic) bond motifs is 1. The van der Waals surface area contributed by atoms with Crippen molar-refractivity contribution in [1.82, 2.24) is 9.97 Å². The van der Waals surface area contributed by atoms with Gasteiger partial charge in [-0.2, -0.15) is 0 Å². The highest BCUT2D eigenvalue weighted by molar-refractivity contribution is 6.37. The van der Waals surface area contributed by atoms with Crippen molar-refractivity contribution in [3.63, 3.8) is 0 Å². The van der Waals surface area contributed by atoms with Crippen molar-refractivity contribution in [2.75, 3.05) is 25.6 Å². The van der Waals surface area contributed by atoms with Gasteiger partial charge in [0.1, 0.15) is 5.75 Å². The van der Waals surface area contributed by atoms with Crippen LogP contribution in [-0.4, -0.2) is 30.7 Å². The van der Waals surface area contributed by atoms with E-state index in [-0.39, 0.29) is 0 Å². The molecule has 0 aliphatic carbocycles. The van der Waals surface area contributed by atoms with E-state index < -0.39 is 0 Å². The molecule has 21 heavy (non-hydrogen) atoms. The van der Waals surface area contributed by atoms with Crippen LogP contribution < -0.4 is 9.64 Å². The van der Waals surface area contributed by atoms with E-state index in [1.165, 1.54) is 0 Å². The maximum Gasteiger partial charge on any atom is 0.225 e. The van der Waals surface area contributed by atoms with Gasteiger partial charge in [-0.1, -0.05) is 23.2 Å². The summed E-state index contributed by atoms with van der Waals surface area (Å²) in [6, 6.07) is 3.65. The van der Waals surface area contributed by atoms with E-state index in [0.29, 0.717) is 22.6 Å². The molecule has 0 bridgehead atoms. The molecule has 6 heteroatoms. The predicted molar refractivity (Wildman–Crippen MR) is 85.8 cm³/mol. The van der Waals surface area contributed by atoms with Gasteiger partial charge in [-0.3, -0.25) is 0 Å². The third kappa shape index (κ3) is 2.54. The van der Waals surface area contributed by atoms with Gasteiger partial charge in [0, 0.05) is 37.3 Å². The molecule has 0 fully saturated rings. The number of nitrogens with zero attached hydrogens (tertiary/aromatic N) is 3. The van der Waals surface area contributed by atoms with Crippen molar-refractivity contribution in [3.05, 3.63) is 33.4 Å². The SMILES string of the molecule is Cc1cc(-c2c(Cl)cc(Cl)c3c2CCO3)nc(N(C)C)n1. The zero-order valence-corrected chi connectivity index (χ0v) is 13.6. The first kappa shape index (κ1) is 14.4. The van der Waals surface area contributed by atoms with E-state index in [1.807, 2.05) is 32.0 Å². The highest BCUT2D eigenvalue weighted by atomic mass is 35.5. The minimum Gasteiger partial charge on any atom is -0.491 e. The van der Waals surface area contributed by atoms with Crippen LogP contribution in [0.1, 0.15) is 11.3 Å². The van der Waals surface area contributed by atoms with Crippen molar-refractivity contribution in [3.8, 4) is 17.0 Å². The lowest BCUT2D eigenvalue weighted by Crippen LogP contribution is -2.13. The lowest BCUT2D eigenvalue weighted by Gasteiger charge is -2.15. The maximum absolute atomic E-state index is 6.42. The summed E-state index contributed by atoms with van der Waals surface area (Å²) in [5.74, 6) is 1.38. The second-order valence-electron chi connectivity index (χ2n) is 5.21. The minimum absolute atomic E-state index is 0.551. The summed E-state index contributed by atoms with van der Waals surface area (Å²) in [6.07, 6.45) is 0.783. The first-order chi connectivity index (χ1) is 9.97. The monoisotopic (exact) mass is 323 g/mol. The number of aromatic nitrogens is 2. The number of hydrogen-bond donors (Lipinski definition) is 0. The molecular formula is C15H15Cl2N3O. The van der Waals surface area contributed by atoms with Crippen molar-refractivity contribution in [2.45, 2.75) is 13.3 Å². The van der Waals surface area contributed by atoms with Gasteiger partial charge in [0.25, 0.3) is 0 Å². The molecule has 0 unspecified atom stereocenters. The average Bonchev–Trinajstić information content (AvgIpc) is 2.87. The van der Waals surface area contributed by atoms with Gasteiger partial charge < -0.3 is 9.64 Å². The Kier molecular flexibility index (Phi) is 3.68. The summed E-state index contributed by atoms with van der Waals surface area (Å²) in [7, 11) is 3.82. The Morgan fingerprint density at radius 3 is 2.62 bits per heavy atom. The largest absolute Gasteiger partial charge is 0.491 e. The lowest BCUT2D eigenvalue weighted by molar-refractivity contribution is 0.357. The van der Waals surface area contributed by atoms with E-state index in [1.54, 1.807) is 6.07 Å². The Bertz CT molecular complexity index is 717. The molecule has 2 heterocycles. The second-order valence-corrected chi connectivity index (χ2v) is 6.02. The third-order valence-corrected chi connectivity index (χ3v) is 3.96. The fourth-order valence-electron chi connectivity index (χ4n) is 2.46. The Morgan fingerprint density at radius 1 is 1.14 bits per heavy atom. The summed E-state index contributed by atoms with van der Waals surface area (Å²) < 4.78 is 5.61. The molecule has 0 spiro atoms. The van der Waals surface area contributed by atoms with Crippen LogP contribution in [-0.2, 0) is 6.42 Å².